The quantitative estimate of drug-likeness (QED) is 0.286. The molecular formula is C27H26F6. The van der Waals surface area contributed by atoms with Crippen molar-refractivity contribution in [2.75, 3.05) is 0 Å². The van der Waals surface area contributed by atoms with Crippen molar-refractivity contribution in [2.24, 2.45) is 0 Å². The third-order valence-electron chi connectivity index (χ3n) is 5.82. The Balaban J connectivity index is 1.71. The zero-order valence-corrected chi connectivity index (χ0v) is 18.7. The summed E-state index contributed by atoms with van der Waals surface area (Å²) in [5, 5.41) is 0. The average molecular weight is 464 g/mol. The van der Waals surface area contributed by atoms with Crippen molar-refractivity contribution in [3.05, 3.63) is 105 Å². The van der Waals surface area contributed by atoms with Gasteiger partial charge in [-0.25, -0.2) is 26.3 Å². The topological polar surface area (TPSA) is 0 Å². The molecule has 3 rings (SSSR count). The summed E-state index contributed by atoms with van der Waals surface area (Å²) in [5.74, 6) is -4.27. The number of aryl methyl sites for hydroxylation is 3. The number of benzene rings is 3. The molecule has 3 aromatic carbocycles. The van der Waals surface area contributed by atoms with Crippen molar-refractivity contribution in [3.63, 3.8) is 0 Å². The molecule has 0 saturated carbocycles. The molecule has 0 saturated heterocycles. The summed E-state index contributed by atoms with van der Waals surface area (Å²) in [4.78, 5) is 0. The Hall–Kier alpha value is -2.76. The smallest absolute Gasteiger partial charge is 0.129 e. The molecule has 0 heterocycles. The van der Waals surface area contributed by atoms with E-state index in [9.17, 15) is 26.3 Å². The minimum absolute atomic E-state index is 0.0201. The molecule has 0 spiro atoms. The molecule has 176 valence electrons. The minimum Gasteiger partial charge on any atom is -0.207 e. The molecule has 0 aliphatic heterocycles. The third kappa shape index (κ3) is 5.98. The first-order valence-electron chi connectivity index (χ1n) is 11.1. The molecule has 0 unspecified atom stereocenters. The van der Waals surface area contributed by atoms with E-state index < -0.39 is 34.9 Å². The molecule has 0 N–H and O–H groups in total. The van der Waals surface area contributed by atoms with Gasteiger partial charge >= 0.3 is 0 Å². The van der Waals surface area contributed by atoms with Gasteiger partial charge in [0.15, 0.2) is 0 Å². The van der Waals surface area contributed by atoms with Gasteiger partial charge in [0, 0.05) is 16.7 Å². The minimum atomic E-state index is -0.796. The van der Waals surface area contributed by atoms with Crippen LogP contribution in [-0.2, 0) is 38.5 Å². The van der Waals surface area contributed by atoms with Crippen LogP contribution in [0.15, 0.2) is 36.4 Å². The highest BCUT2D eigenvalue weighted by Crippen LogP contribution is 2.23. The van der Waals surface area contributed by atoms with E-state index in [2.05, 4.69) is 0 Å². The van der Waals surface area contributed by atoms with Crippen LogP contribution in [0.25, 0.3) is 0 Å². The van der Waals surface area contributed by atoms with Crippen LogP contribution >= 0.6 is 0 Å². The molecule has 3 aromatic rings. The SMILES string of the molecule is CCCc1cc(F)c(CCc2cc(F)c(CCc3cc(F)c(CC)c(F)c3)c(F)c2)c(F)c1. The second-order valence-electron chi connectivity index (χ2n) is 8.22. The van der Waals surface area contributed by atoms with Crippen LogP contribution in [0.2, 0.25) is 0 Å². The van der Waals surface area contributed by atoms with Crippen molar-refractivity contribution in [2.45, 2.75) is 58.8 Å². The lowest BCUT2D eigenvalue weighted by atomic mass is 9.97. The molecule has 0 aliphatic carbocycles. The summed E-state index contributed by atoms with van der Waals surface area (Å²) >= 11 is 0. The van der Waals surface area contributed by atoms with Crippen molar-refractivity contribution < 1.29 is 26.3 Å². The Kier molecular flexibility index (Phi) is 8.22. The Morgan fingerprint density at radius 1 is 0.424 bits per heavy atom. The third-order valence-corrected chi connectivity index (χ3v) is 5.82. The normalized spacial score (nSPS) is 11.3. The van der Waals surface area contributed by atoms with Gasteiger partial charge in [-0.2, -0.15) is 0 Å². The van der Waals surface area contributed by atoms with E-state index in [1.807, 2.05) is 6.92 Å². The first kappa shape index (κ1) is 24.9. The molecule has 0 atom stereocenters. The lowest BCUT2D eigenvalue weighted by Gasteiger charge is -2.11. The lowest BCUT2D eigenvalue weighted by molar-refractivity contribution is 0.543. The van der Waals surface area contributed by atoms with Gasteiger partial charge in [0.1, 0.15) is 34.9 Å². The van der Waals surface area contributed by atoms with Gasteiger partial charge in [-0.1, -0.05) is 20.3 Å². The van der Waals surface area contributed by atoms with Crippen LogP contribution in [0.1, 0.15) is 53.6 Å². The fraction of sp³-hybridized carbons (Fsp3) is 0.333. The molecule has 0 bridgehead atoms. The van der Waals surface area contributed by atoms with Gasteiger partial charge in [-0.3, -0.25) is 0 Å². The highest BCUT2D eigenvalue weighted by Gasteiger charge is 2.16. The molecule has 0 aromatic heterocycles. The van der Waals surface area contributed by atoms with Gasteiger partial charge in [-0.05, 0) is 91.6 Å². The van der Waals surface area contributed by atoms with E-state index in [1.165, 1.54) is 24.3 Å². The van der Waals surface area contributed by atoms with E-state index in [0.29, 0.717) is 17.5 Å². The van der Waals surface area contributed by atoms with Gasteiger partial charge in [0.2, 0.25) is 0 Å². The predicted octanol–water partition coefficient (Wildman–Crippen LogP) is 7.61. The Bertz CT molecular complexity index is 1070. The summed E-state index contributed by atoms with van der Waals surface area (Å²) in [6, 6.07) is 7.24. The summed E-state index contributed by atoms with van der Waals surface area (Å²) in [7, 11) is 0. The molecule has 0 aliphatic rings. The summed E-state index contributed by atoms with van der Waals surface area (Å²) < 4.78 is 85.6. The molecule has 33 heavy (non-hydrogen) atoms. The van der Waals surface area contributed by atoms with Crippen molar-refractivity contribution in [1.29, 1.82) is 0 Å². The monoisotopic (exact) mass is 464 g/mol. The van der Waals surface area contributed by atoms with Crippen LogP contribution in [0, 0.1) is 34.9 Å². The van der Waals surface area contributed by atoms with E-state index in [0.717, 1.165) is 18.6 Å². The Labute approximate surface area is 190 Å². The van der Waals surface area contributed by atoms with Gasteiger partial charge < -0.3 is 0 Å². The Morgan fingerprint density at radius 2 is 0.727 bits per heavy atom. The molecular weight excluding hydrogens is 438 g/mol. The van der Waals surface area contributed by atoms with Gasteiger partial charge in [-0.15, -0.1) is 0 Å². The van der Waals surface area contributed by atoms with Crippen molar-refractivity contribution in [1.82, 2.24) is 0 Å². The first-order chi connectivity index (χ1) is 15.7. The van der Waals surface area contributed by atoms with Gasteiger partial charge in [0.05, 0.1) is 0 Å². The van der Waals surface area contributed by atoms with Crippen LogP contribution in [0.5, 0.6) is 0 Å². The second-order valence-corrected chi connectivity index (χ2v) is 8.22. The number of rotatable bonds is 9. The lowest BCUT2D eigenvalue weighted by Crippen LogP contribution is -2.05. The highest BCUT2D eigenvalue weighted by atomic mass is 19.2. The zero-order chi connectivity index (χ0) is 24.1. The second kappa shape index (κ2) is 10.9. The summed E-state index contributed by atoms with van der Waals surface area (Å²) in [6.45, 7) is 3.55. The molecule has 6 heteroatoms. The van der Waals surface area contributed by atoms with E-state index in [-0.39, 0.29) is 54.4 Å². The summed E-state index contributed by atoms with van der Waals surface area (Å²) in [6.07, 6.45) is 1.54. The first-order valence-corrected chi connectivity index (χ1v) is 11.1. The summed E-state index contributed by atoms with van der Waals surface area (Å²) in [5.41, 5.74) is 0.826. The maximum Gasteiger partial charge on any atom is 0.129 e. The maximum atomic E-state index is 14.6. The van der Waals surface area contributed by atoms with Crippen LogP contribution < -0.4 is 0 Å². The molecule has 0 amide bonds. The molecule has 0 fully saturated rings. The van der Waals surface area contributed by atoms with Crippen LogP contribution in [0.3, 0.4) is 0 Å². The zero-order valence-electron chi connectivity index (χ0n) is 18.7. The number of halogens is 6. The standard InChI is InChI=1S/C27H26F6/c1-3-5-16-10-24(30)20(25(31)11-16)9-7-18-14-26(32)21(27(33)15-18)8-6-17-12-22(28)19(4-2)23(29)13-17/h10-15H,3-9H2,1-2H3. The number of hydrogen-bond donors (Lipinski definition) is 0. The maximum absolute atomic E-state index is 14.6. The van der Waals surface area contributed by atoms with Crippen LogP contribution in [-0.4, -0.2) is 0 Å². The Morgan fingerprint density at radius 3 is 1.03 bits per heavy atom. The fourth-order valence-corrected chi connectivity index (χ4v) is 4.04. The predicted molar refractivity (Wildman–Crippen MR) is 117 cm³/mol. The van der Waals surface area contributed by atoms with Gasteiger partial charge in [0.25, 0.3) is 0 Å². The van der Waals surface area contributed by atoms with Crippen molar-refractivity contribution >= 4 is 0 Å². The molecule has 0 nitrogen and oxygen atoms in total. The van der Waals surface area contributed by atoms with E-state index in [4.69, 9.17) is 0 Å². The van der Waals surface area contributed by atoms with E-state index >= 15 is 0 Å². The number of hydrogen-bond acceptors (Lipinski definition) is 0. The van der Waals surface area contributed by atoms with Crippen molar-refractivity contribution in [3.8, 4) is 0 Å². The largest absolute Gasteiger partial charge is 0.207 e. The van der Waals surface area contributed by atoms with Crippen LogP contribution in [0.4, 0.5) is 26.3 Å². The van der Waals surface area contributed by atoms with E-state index in [1.54, 1.807) is 6.92 Å². The fourth-order valence-electron chi connectivity index (χ4n) is 4.04. The average Bonchev–Trinajstić information content (AvgIpc) is 2.72. The highest BCUT2D eigenvalue weighted by molar-refractivity contribution is 5.32. The molecule has 0 radical (unpaired) electrons.